The number of hydrogen-bond donors (Lipinski definition) is 2. The van der Waals surface area contributed by atoms with Crippen LogP contribution in [0.4, 0.5) is 5.00 Å². The number of halogens is 1. The number of carbonyl (C=O) groups is 1. The Labute approximate surface area is 167 Å². The molecule has 4 rings (SSSR count). The van der Waals surface area contributed by atoms with E-state index in [1.54, 1.807) is 0 Å². The van der Waals surface area contributed by atoms with Crippen molar-refractivity contribution in [2.75, 3.05) is 5.32 Å². The van der Waals surface area contributed by atoms with Crippen molar-refractivity contribution in [3.63, 3.8) is 0 Å². The van der Waals surface area contributed by atoms with E-state index < -0.39 is 5.54 Å². The van der Waals surface area contributed by atoms with Gasteiger partial charge in [-0.1, -0.05) is 24.2 Å². The van der Waals surface area contributed by atoms with Crippen molar-refractivity contribution in [3.05, 3.63) is 52.7 Å². The van der Waals surface area contributed by atoms with E-state index in [1.165, 1.54) is 16.9 Å². The molecule has 142 valence electrons. The highest BCUT2D eigenvalue weighted by Gasteiger charge is 2.39. The quantitative estimate of drug-likeness (QED) is 0.658. The van der Waals surface area contributed by atoms with Crippen molar-refractivity contribution in [2.24, 2.45) is 5.73 Å². The number of aromatic nitrogens is 2. The highest BCUT2D eigenvalue weighted by molar-refractivity contribution is 7.15. The molecule has 3 N–H and O–H groups in total. The summed E-state index contributed by atoms with van der Waals surface area (Å²) >= 11 is 1.42. The molecule has 8 heteroatoms. The van der Waals surface area contributed by atoms with Gasteiger partial charge < -0.3 is 15.6 Å². The molecule has 0 bridgehead atoms. The number of anilines is 1. The van der Waals surface area contributed by atoms with Crippen molar-refractivity contribution in [1.29, 1.82) is 0 Å². The number of nitrogens with two attached hydrogens (primary N) is 1. The summed E-state index contributed by atoms with van der Waals surface area (Å²) in [6.45, 7) is 2.08. The van der Waals surface area contributed by atoms with E-state index in [-0.39, 0.29) is 18.3 Å². The molecule has 0 aliphatic heterocycles. The Hall–Kier alpha value is -2.22. The fraction of sp³-hybridized carbons (Fsp3) is 0.316. The Morgan fingerprint density at radius 2 is 2.04 bits per heavy atom. The molecule has 2 aromatic heterocycles. The average molecular weight is 405 g/mol. The van der Waals surface area contributed by atoms with Gasteiger partial charge in [-0.15, -0.1) is 23.7 Å². The van der Waals surface area contributed by atoms with Crippen molar-refractivity contribution >= 4 is 34.7 Å². The summed E-state index contributed by atoms with van der Waals surface area (Å²) in [6.07, 6.45) is 3.76. The number of benzene rings is 1. The van der Waals surface area contributed by atoms with Crippen LogP contribution in [0.2, 0.25) is 0 Å². The first kappa shape index (κ1) is 19.5. The molecule has 0 spiro atoms. The Balaban J connectivity index is 0.00000210. The van der Waals surface area contributed by atoms with E-state index in [0.717, 1.165) is 31.2 Å². The van der Waals surface area contributed by atoms with E-state index in [1.807, 2.05) is 35.7 Å². The maximum atomic E-state index is 12.5. The first-order valence-electron chi connectivity index (χ1n) is 8.70. The van der Waals surface area contributed by atoms with E-state index >= 15 is 0 Å². The molecular formula is C19H21ClN4O2S. The van der Waals surface area contributed by atoms with E-state index in [2.05, 4.69) is 22.4 Å². The summed E-state index contributed by atoms with van der Waals surface area (Å²) in [5.41, 5.74) is 8.32. The SMILES string of the molecule is CCc1ccc(C(=O)Nc2sccc2-c2nc(C3(N)CCC3)no2)cc1.Cl. The molecule has 0 radical (unpaired) electrons. The molecule has 3 aromatic rings. The van der Waals surface area contributed by atoms with Crippen molar-refractivity contribution in [3.8, 4) is 11.5 Å². The van der Waals surface area contributed by atoms with E-state index in [4.69, 9.17) is 10.3 Å². The van der Waals surface area contributed by atoms with Gasteiger partial charge in [-0.25, -0.2) is 0 Å². The molecule has 1 aliphatic carbocycles. The minimum atomic E-state index is -0.470. The minimum Gasteiger partial charge on any atom is -0.334 e. The second-order valence-electron chi connectivity index (χ2n) is 6.60. The molecule has 0 unspecified atom stereocenters. The van der Waals surface area contributed by atoms with Crippen LogP contribution < -0.4 is 11.1 Å². The van der Waals surface area contributed by atoms with Gasteiger partial charge in [0.15, 0.2) is 5.82 Å². The fourth-order valence-electron chi connectivity index (χ4n) is 2.96. The highest BCUT2D eigenvalue weighted by Crippen LogP contribution is 2.39. The lowest BCUT2D eigenvalue weighted by Gasteiger charge is -2.34. The standard InChI is InChI=1S/C19H20N4O2S.ClH/c1-2-12-4-6-13(7-5-12)15(24)21-17-14(8-11-26-17)16-22-18(23-25-16)19(20)9-3-10-19;/h4-8,11H,2-3,9-10,20H2,1H3,(H,21,24);1H. The average Bonchev–Trinajstić information content (AvgIpc) is 3.29. The van der Waals surface area contributed by atoms with Crippen molar-refractivity contribution in [2.45, 2.75) is 38.1 Å². The molecular weight excluding hydrogens is 384 g/mol. The number of hydrogen-bond acceptors (Lipinski definition) is 6. The van der Waals surface area contributed by atoms with Crippen LogP contribution in [0, 0.1) is 0 Å². The number of nitrogens with one attached hydrogen (secondary N) is 1. The molecule has 1 amide bonds. The predicted molar refractivity (Wildman–Crippen MR) is 108 cm³/mol. The van der Waals surface area contributed by atoms with Crippen molar-refractivity contribution in [1.82, 2.24) is 10.1 Å². The highest BCUT2D eigenvalue weighted by atomic mass is 35.5. The Bertz CT molecular complexity index is 931. The van der Waals surface area contributed by atoms with Crippen LogP contribution in [0.1, 0.15) is 47.9 Å². The summed E-state index contributed by atoms with van der Waals surface area (Å²) < 4.78 is 5.40. The predicted octanol–water partition coefficient (Wildman–Crippen LogP) is 4.37. The van der Waals surface area contributed by atoms with Gasteiger partial charge in [-0.2, -0.15) is 4.98 Å². The maximum Gasteiger partial charge on any atom is 0.260 e. The number of rotatable bonds is 5. The first-order chi connectivity index (χ1) is 12.6. The number of amides is 1. The van der Waals surface area contributed by atoms with Crippen molar-refractivity contribution < 1.29 is 9.32 Å². The van der Waals surface area contributed by atoms with Gasteiger partial charge in [0.05, 0.1) is 11.1 Å². The van der Waals surface area contributed by atoms with Crippen LogP contribution >= 0.6 is 23.7 Å². The second kappa shape index (κ2) is 7.80. The second-order valence-corrected chi connectivity index (χ2v) is 7.52. The molecule has 27 heavy (non-hydrogen) atoms. The number of carbonyl (C=O) groups excluding carboxylic acids is 1. The number of nitrogens with zero attached hydrogens (tertiary/aromatic N) is 2. The van der Waals surface area contributed by atoms with Gasteiger partial charge in [0.2, 0.25) is 0 Å². The van der Waals surface area contributed by atoms with Gasteiger partial charge in [0, 0.05) is 5.56 Å². The lowest BCUT2D eigenvalue weighted by Crippen LogP contribution is -2.44. The van der Waals surface area contributed by atoms with E-state index in [0.29, 0.717) is 22.3 Å². The van der Waals surface area contributed by atoms with Crippen LogP contribution in [0.25, 0.3) is 11.5 Å². The Morgan fingerprint density at radius 3 is 2.67 bits per heavy atom. The summed E-state index contributed by atoms with van der Waals surface area (Å²) in [7, 11) is 0. The topological polar surface area (TPSA) is 94.0 Å². The monoisotopic (exact) mass is 404 g/mol. The van der Waals surface area contributed by atoms with Gasteiger partial charge in [-0.05, 0) is 54.8 Å². The minimum absolute atomic E-state index is 0. The van der Waals surface area contributed by atoms with Gasteiger partial charge >= 0.3 is 0 Å². The maximum absolute atomic E-state index is 12.5. The normalized spacial score (nSPS) is 14.9. The Kier molecular flexibility index (Phi) is 5.64. The largest absolute Gasteiger partial charge is 0.334 e. The van der Waals surface area contributed by atoms with Gasteiger partial charge in [0.25, 0.3) is 11.8 Å². The zero-order valence-corrected chi connectivity index (χ0v) is 16.5. The smallest absolute Gasteiger partial charge is 0.260 e. The molecule has 1 aliphatic rings. The summed E-state index contributed by atoms with van der Waals surface area (Å²) in [5, 5.41) is 9.55. The van der Waals surface area contributed by atoms with Crippen LogP contribution in [0.3, 0.4) is 0 Å². The molecule has 1 saturated carbocycles. The molecule has 2 heterocycles. The number of thiophene rings is 1. The molecule has 1 fully saturated rings. The fourth-order valence-corrected chi connectivity index (χ4v) is 3.73. The lowest BCUT2D eigenvalue weighted by molar-refractivity contribution is 0.102. The zero-order valence-electron chi connectivity index (χ0n) is 14.9. The van der Waals surface area contributed by atoms with Crippen LogP contribution in [0.15, 0.2) is 40.2 Å². The van der Waals surface area contributed by atoms with Gasteiger partial charge in [0.1, 0.15) is 5.00 Å². The summed E-state index contributed by atoms with van der Waals surface area (Å²) in [6, 6.07) is 9.46. The van der Waals surface area contributed by atoms with Gasteiger partial charge in [-0.3, -0.25) is 4.79 Å². The van der Waals surface area contributed by atoms with Crippen LogP contribution in [0.5, 0.6) is 0 Å². The van der Waals surface area contributed by atoms with Crippen LogP contribution in [-0.4, -0.2) is 16.0 Å². The number of aryl methyl sites for hydroxylation is 1. The Morgan fingerprint density at radius 1 is 1.30 bits per heavy atom. The third kappa shape index (κ3) is 3.76. The first-order valence-corrected chi connectivity index (χ1v) is 9.58. The molecule has 0 atom stereocenters. The third-order valence-electron chi connectivity index (χ3n) is 4.86. The van der Waals surface area contributed by atoms with E-state index in [9.17, 15) is 4.79 Å². The lowest BCUT2D eigenvalue weighted by atomic mass is 9.77. The zero-order chi connectivity index (χ0) is 18.1. The summed E-state index contributed by atoms with van der Waals surface area (Å²) in [4.78, 5) is 17.0. The molecule has 0 saturated heterocycles. The summed E-state index contributed by atoms with van der Waals surface area (Å²) in [5.74, 6) is 0.761. The molecule has 1 aromatic carbocycles. The van der Waals surface area contributed by atoms with Crippen LogP contribution in [-0.2, 0) is 12.0 Å². The third-order valence-corrected chi connectivity index (χ3v) is 5.69. The molecule has 6 nitrogen and oxygen atoms in total.